The smallest absolute Gasteiger partial charge is 0.116 e. The Labute approximate surface area is 93.8 Å². The highest BCUT2D eigenvalue weighted by molar-refractivity contribution is 7.98. The van der Waals surface area contributed by atoms with E-state index in [-0.39, 0.29) is 0 Å². The zero-order chi connectivity index (χ0) is 10.7. The van der Waals surface area contributed by atoms with Crippen molar-refractivity contribution in [2.75, 3.05) is 6.26 Å². The first kappa shape index (κ1) is 10.1. The van der Waals surface area contributed by atoms with Gasteiger partial charge in [-0.15, -0.1) is 11.8 Å². The molecule has 15 heavy (non-hydrogen) atoms. The maximum Gasteiger partial charge on any atom is 0.116 e. The van der Waals surface area contributed by atoms with Crippen LogP contribution in [0.1, 0.15) is 0 Å². The summed E-state index contributed by atoms with van der Waals surface area (Å²) in [5, 5.41) is 9.40. The maximum absolute atomic E-state index is 9.40. The normalized spacial score (nSPS) is 10.2. The SMILES string of the molecule is CSc1cccc(-c2cccc(O)c2)c1. The Morgan fingerprint density at radius 2 is 1.60 bits per heavy atom. The number of hydrogen-bond donors (Lipinski definition) is 1. The lowest BCUT2D eigenvalue weighted by Gasteiger charge is -2.04. The molecule has 1 N–H and O–H groups in total. The van der Waals surface area contributed by atoms with Crippen LogP contribution in [0.3, 0.4) is 0 Å². The Bertz CT molecular complexity index is 466. The van der Waals surface area contributed by atoms with E-state index in [1.807, 2.05) is 18.2 Å². The molecule has 2 aromatic rings. The minimum Gasteiger partial charge on any atom is -0.508 e. The van der Waals surface area contributed by atoms with Gasteiger partial charge >= 0.3 is 0 Å². The summed E-state index contributed by atoms with van der Waals surface area (Å²) in [5.74, 6) is 0.307. The topological polar surface area (TPSA) is 20.2 Å². The number of phenols is 1. The number of hydrogen-bond acceptors (Lipinski definition) is 2. The monoisotopic (exact) mass is 216 g/mol. The van der Waals surface area contributed by atoms with Crippen molar-refractivity contribution in [3.8, 4) is 16.9 Å². The van der Waals surface area contributed by atoms with Gasteiger partial charge in [-0.05, 0) is 41.6 Å². The molecule has 2 aromatic carbocycles. The van der Waals surface area contributed by atoms with Crippen LogP contribution in [-0.2, 0) is 0 Å². The molecule has 0 fully saturated rings. The van der Waals surface area contributed by atoms with Crippen LogP contribution >= 0.6 is 11.8 Å². The van der Waals surface area contributed by atoms with Gasteiger partial charge in [-0.25, -0.2) is 0 Å². The van der Waals surface area contributed by atoms with E-state index in [1.54, 1.807) is 23.9 Å². The van der Waals surface area contributed by atoms with Gasteiger partial charge in [0.25, 0.3) is 0 Å². The summed E-state index contributed by atoms with van der Waals surface area (Å²) in [4.78, 5) is 1.23. The average Bonchev–Trinajstić information content (AvgIpc) is 2.29. The maximum atomic E-state index is 9.40. The average molecular weight is 216 g/mol. The fourth-order valence-electron chi connectivity index (χ4n) is 1.49. The van der Waals surface area contributed by atoms with Crippen LogP contribution in [0.2, 0.25) is 0 Å². The molecule has 0 atom stereocenters. The van der Waals surface area contributed by atoms with Gasteiger partial charge in [0.15, 0.2) is 0 Å². The lowest BCUT2D eigenvalue weighted by atomic mass is 10.1. The van der Waals surface area contributed by atoms with Crippen molar-refractivity contribution in [3.63, 3.8) is 0 Å². The van der Waals surface area contributed by atoms with E-state index in [2.05, 4.69) is 24.5 Å². The van der Waals surface area contributed by atoms with E-state index in [0.29, 0.717) is 5.75 Å². The molecule has 76 valence electrons. The second kappa shape index (κ2) is 4.41. The van der Waals surface area contributed by atoms with Crippen molar-refractivity contribution in [1.29, 1.82) is 0 Å². The third-order valence-electron chi connectivity index (χ3n) is 2.25. The largest absolute Gasteiger partial charge is 0.508 e. The van der Waals surface area contributed by atoms with Gasteiger partial charge in [-0.3, -0.25) is 0 Å². The second-order valence-electron chi connectivity index (χ2n) is 3.28. The van der Waals surface area contributed by atoms with Crippen molar-refractivity contribution < 1.29 is 5.11 Å². The molecule has 0 spiro atoms. The van der Waals surface area contributed by atoms with Gasteiger partial charge < -0.3 is 5.11 Å². The molecule has 0 aliphatic carbocycles. The van der Waals surface area contributed by atoms with Crippen molar-refractivity contribution in [2.45, 2.75) is 4.90 Å². The summed E-state index contributed by atoms with van der Waals surface area (Å²) < 4.78 is 0. The van der Waals surface area contributed by atoms with Crippen LogP contribution in [0.25, 0.3) is 11.1 Å². The third kappa shape index (κ3) is 2.34. The molecule has 0 saturated carbocycles. The molecule has 0 unspecified atom stereocenters. The summed E-state index contributed by atoms with van der Waals surface area (Å²) in [7, 11) is 0. The van der Waals surface area contributed by atoms with E-state index in [4.69, 9.17) is 0 Å². The van der Waals surface area contributed by atoms with Crippen LogP contribution in [0.4, 0.5) is 0 Å². The first-order valence-corrected chi connectivity index (χ1v) is 5.95. The number of benzene rings is 2. The summed E-state index contributed by atoms with van der Waals surface area (Å²) in [6.07, 6.45) is 2.06. The van der Waals surface area contributed by atoms with Crippen molar-refractivity contribution in [1.82, 2.24) is 0 Å². The van der Waals surface area contributed by atoms with Gasteiger partial charge in [0.05, 0.1) is 0 Å². The Kier molecular flexibility index (Phi) is 2.97. The fraction of sp³-hybridized carbons (Fsp3) is 0.0769. The number of phenolic OH excluding ortho intramolecular Hbond substituents is 1. The second-order valence-corrected chi connectivity index (χ2v) is 4.16. The van der Waals surface area contributed by atoms with Gasteiger partial charge in [-0.1, -0.05) is 24.3 Å². The predicted molar refractivity (Wildman–Crippen MR) is 65.3 cm³/mol. The van der Waals surface area contributed by atoms with Crippen LogP contribution in [0.5, 0.6) is 5.75 Å². The van der Waals surface area contributed by atoms with E-state index in [0.717, 1.165) is 11.1 Å². The van der Waals surface area contributed by atoms with E-state index in [1.165, 1.54) is 4.90 Å². The van der Waals surface area contributed by atoms with Gasteiger partial charge in [-0.2, -0.15) is 0 Å². The molecule has 0 aliphatic heterocycles. The third-order valence-corrected chi connectivity index (χ3v) is 2.97. The zero-order valence-corrected chi connectivity index (χ0v) is 9.29. The molecule has 0 aliphatic rings. The molecule has 0 heterocycles. The zero-order valence-electron chi connectivity index (χ0n) is 8.47. The highest BCUT2D eigenvalue weighted by Gasteiger charge is 1.99. The molecule has 0 bridgehead atoms. The minimum atomic E-state index is 0.307. The standard InChI is InChI=1S/C13H12OS/c1-15-13-7-3-5-11(9-13)10-4-2-6-12(14)8-10/h2-9,14H,1H3. The Morgan fingerprint density at radius 3 is 2.27 bits per heavy atom. The molecule has 2 heteroatoms. The molecule has 0 radical (unpaired) electrons. The lowest BCUT2D eigenvalue weighted by molar-refractivity contribution is 0.475. The molecular formula is C13H12OS. The predicted octanol–water partition coefficient (Wildman–Crippen LogP) is 3.78. The number of aromatic hydroxyl groups is 1. The molecule has 0 amide bonds. The van der Waals surface area contributed by atoms with Gasteiger partial charge in [0.2, 0.25) is 0 Å². The Hall–Kier alpha value is -1.41. The van der Waals surface area contributed by atoms with Crippen LogP contribution < -0.4 is 0 Å². The lowest BCUT2D eigenvalue weighted by Crippen LogP contribution is -1.78. The van der Waals surface area contributed by atoms with Gasteiger partial charge in [0, 0.05) is 4.90 Å². The highest BCUT2D eigenvalue weighted by Crippen LogP contribution is 2.26. The Balaban J connectivity index is 2.44. The minimum absolute atomic E-state index is 0.307. The highest BCUT2D eigenvalue weighted by atomic mass is 32.2. The summed E-state index contributed by atoms with van der Waals surface area (Å²) >= 11 is 1.72. The van der Waals surface area contributed by atoms with Crippen LogP contribution in [-0.4, -0.2) is 11.4 Å². The Morgan fingerprint density at radius 1 is 0.933 bits per heavy atom. The quantitative estimate of drug-likeness (QED) is 0.771. The van der Waals surface area contributed by atoms with E-state index in [9.17, 15) is 5.11 Å². The van der Waals surface area contributed by atoms with Crippen LogP contribution in [0, 0.1) is 0 Å². The van der Waals surface area contributed by atoms with Crippen molar-refractivity contribution in [2.24, 2.45) is 0 Å². The van der Waals surface area contributed by atoms with Crippen molar-refractivity contribution in [3.05, 3.63) is 48.5 Å². The first-order chi connectivity index (χ1) is 7.29. The first-order valence-electron chi connectivity index (χ1n) is 4.73. The number of thioether (sulfide) groups is 1. The molecule has 0 saturated heterocycles. The van der Waals surface area contributed by atoms with Gasteiger partial charge in [0.1, 0.15) is 5.75 Å². The van der Waals surface area contributed by atoms with Crippen LogP contribution in [0.15, 0.2) is 53.4 Å². The van der Waals surface area contributed by atoms with E-state index >= 15 is 0 Å². The molecule has 0 aromatic heterocycles. The molecule has 2 rings (SSSR count). The summed E-state index contributed by atoms with van der Waals surface area (Å²) in [6.45, 7) is 0. The number of rotatable bonds is 2. The molecule has 1 nitrogen and oxygen atoms in total. The fourth-order valence-corrected chi connectivity index (χ4v) is 1.95. The van der Waals surface area contributed by atoms with Crippen molar-refractivity contribution >= 4 is 11.8 Å². The summed E-state index contributed by atoms with van der Waals surface area (Å²) in [5.41, 5.74) is 2.18. The van der Waals surface area contributed by atoms with E-state index < -0.39 is 0 Å². The molecular weight excluding hydrogens is 204 g/mol. The summed E-state index contributed by atoms with van der Waals surface area (Å²) in [6, 6.07) is 15.6.